The van der Waals surface area contributed by atoms with Crippen molar-refractivity contribution >= 4 is 66.2 Å². The number of carboxylic acid groups (broad SMARTS) is 1. The molecule has 6 aromatic rings. The van der Waals surface area contributed by atoms with Crippen LogP contribution in [0.3, 0.4) is 0 Å². The lowest BCUT2D eigenvalue weighted by Crippen LogP contribution is -2.32. The molecular formula is C31H26N6O4S2. The van der Waals surface area contributed by atoms with Gasteiger partial charge in [0.25, 0.3) is 5.91 Å². The number of hydrogen-bond acceptors (Lipinski definition) is 9. The maximum atomic E-state index is 13.4. The van der Waals surface area contributed by atoms with Gasteiger partial charge in [-0.3, -0.25) is 10.1 Å². The number of imidazole rings is 1. The summed E-state index contributed by atoms with van der Waals surface area (Å²) in [6, 6.07) is 21.5. The number of fused-ring (bicyclic) bond motifs is 3. The van der Waals surface area contributed by atoms with E-state index in [4.69, 9.17) is 4.74 Å². The van der Waals surface area contributed by atoms with E-state index < -0.39 is 6.16 Å². The Hall–Kier alpha value is -4.81. The summed E-state index contributed by atoms with van der Waals surface area (Å²) in [5.41, 5.74) is 5.48. The van der Waals surface area contributed by atoms with Gasteiger partial charge < -0.3 is 19.3 Å². The first kappa shape index (κ1) is 27.0. The zero-order chi connectivity index (χ0) is 29.3. The molecule has 216 valence electrons. The van der Waals surface area contributed by atoms with Crippen molar-refractivity contribution < 1.29 is 19.4 Å². The van der Waals surface area contributed by atoms with Crippen LogP contribution in [0.5, 0.6) is 5.88 Å². The minimum Gasteiger partial charge on any atom is -0.449 e. The number of carbonyl (C=O) groups is 2. The van der Waals surface area contributed by atoms with Gasteiger partial charge in [-0.15, -0.1) is 0 Å². The van der Waals surface area contributed by atoms with Crippen molar-refractivity contribution in [1.82, 2.24) is 19.5 Å². The average molecular weight is 611 g/mol. The van der Waals surface area contributed by atoms with Crippen molar-refractivity contribution in [2.45, 2.75) is 32.4 Å². The highest BCUT2D eigenvalue weighted by Crippen LogP contribution is 2.36. The number of carbonyl (C=O) groups excluding carboxylic acids is 1. The maximum Gasteiger partial charge on any atom is 0.512 e. The van der Waals surface area contributed by atoms with Crippen molar-refractivity contribution in [3.8, 4) is 5.88 Å². The Morgan fingerprint density at radius 2 is 1.81 bits per heavy atom. The molecule has 0 radical (unpaired) electrons. The fraction of sp³-hybridized carbons (Fsp3) is 0.194. The second kappa shape index (κ2) is 11.5. The Kier molecular flexibility index (Phi) is 7.21. The molecule has 3 aromatic carbocycles. The second-order valence-electron chi connectivity index (χ2n) is 10.2. The quantitative estimate of drug-likeness (QED) is 0.185. The third-order valence-electron chi connectivity index (χ3n) is 7.47. The minimum atomic E-state index is -1.39. The number of aromatic nitrogens is 4. The molecule has 12 heteroatoms. The standard InChI is InChI=1S/C31H26N6O4S2/c38-27(34-29-33-23-10-2-4-12-25(23)42-29)20-8-5-7-19-14-16-36(17-21(19)20)30-35-28(41-31(39)40)26(43-30)13-6-15-37-18-32-22-9-1-3-11-24(22)37/h1-5,7-12,18H,6,13-17H2,(H,39,40)(H,33,34,38). The molecule has 0 atom stereocenters. The third-order valence-corrected chi connectivity index (χ3v) is 9.58. The summed E-state index contributed by atoms with van der Waals surface area (Å²) in [4.78, 5) is 41.3. The van der Waals surface area contributed by atoms with Gasteiger partial charge in [-0.2, -0.15) is 4.98 Å². The van der Waals surface area contributed by atoms with Gasteiger partial charge in [0.15, 0.2) is 10.3 Å². The Balaban J connectivity index is 1.09. The molecule has 1 aliphatic heterocycles. The van der Waals surface area contributed by atoms with Gasteiger partial charge in [-0.1, -0.05) is 59.1 Å². The first-order valence-corrected chi connectivity index (χ1v) is 15.5. The summed E-state index contributed by atoms with van der Waals surface area (Å²) in [7, 11) is 0. The van der Waals surface area contributed by atoms with Crippen LogP contribution in [0.25, 0.3) is 21.3 Å². The molecular weight excluding hydrogens is 585 g/mol. The molecule has 0 unspecified atom stereocenters. The highest BCUT2D eigenvalue weighted by Gasteiger charge is 2.26. The molecule has 10 nitrogen and oxygen atoms in total. The van der Waals surface area contributed by atoms with Crippen LogP contribution in [0.1, 0.15) is 32.8 Å². The summed E-state index contributed by atoms with van der Waals surface area (Å²) >= 11 is 2.88. The summed E-state index contributed by atoms with van der Waals surface area (Å²) in [6.07, 6.45) is 2.53. The molecule has 0 bridgehead atoms. The zero-order valence-corrected chi connectivity index (χ0v) is 24.5. The van der Waals surface area contributed by atoms with Crippen LogP contribution in [-0.4, -0.2) is 43.2 Å². The van der Waals surface area contributed by atoms with Crippen LogP contribution in [0.2, 0.25) is 0 Å². The largest absolute Gasteiger partial charge is 0.512 e. The monoisotopic (exact) mass is 610 g/mol. The van der Waals surface area contributed by atoms with E-state index in [1.165, 1.54) is 22.7 Å². The number of nitrogens with zero attached hydrogens (tertiary/aromatic N) is 5. The Morgan fingerprint density at radius 3 is 2.67 bits per heavy atom. The Morgan fingerprint density at radius 1 is 0.977 bits per heavy atom. The lowest BCUT2D eigenvalue weighted by atomic mass is 9.94. The summed E-state index contributed by atoms with van der Waals surface area (Å²) < 4.78 is 8.20. The van der Waals surface area contributed by atoms with Crippen molar-refractivity contribution in [2.75, 3.05) is 16.8 Å². The molecule has 1 amide bonds. The molecule has 0 saturated carbocycles. The number of hydrogen-bond donors (Lipinski definition) is 2. The van der Waals surface area contributed by atoms with Crippen molar-refractivity contribution in [3.05, 3.63) is 94.6 Å². The van der Waals surface area contributed by atoms with E-state index >= 15 is 0 Å². The van der Waals surface area contributed by atoms with Crippen molar-refractivity contribution in [2.24, 2.45) is 0 Å². The average Bonchev–Trinajstić information content (AvgIpc) is 3.73. The number of rotatable bonds is 8. The van der Waals surface area contributed by atoms with Gasteiger partial charge in [0.1, 0.15) is 0 Å². The number of aryl methyl sites for hydroxylation is 2. The first-order valence-electron chi connectivity index (χ1n) is 13.8. The van der Waals surface area contributed by atoms with E-state index in [0.29, 0.717) is 35.3 Å². The van der Waals surface area contributed by atoms with E-state index in [1.54, 1.807) is 0 Å². The predicted octanol–water partition coefficient (Wildman–Crippen LogP) is 6.61. The molecule has 43 heavy (non-hydrogen) atoms. The summed E-state index contributed by atoms with van der Waals surface area (Å²) in [5, 5.41) is 13.6. The molecule has 7 rings (SSSR count). The fourth-order valence-electron chi connectivity index (χ4n) is 5.43. The molecule has 0 fully saturated rings. The molecule has 2 N–H and O–H groups in total. The normalized spacial score (nSPS) is 12.9. The van der Waals surface area contributed by atoms with Gasteiger partial charge >= 0.3 is 6.16 Å². The number of thiazole rings is 2. The maximum absolute atomic E-state index is 13.4. The highest BCUT2D eigenvalue weighted by atomic mass is 32.1. The van der Waals surface area contributed by atoms with E-state index in [-0.39, 0.29) is 11.8 Å². The fourth-order valence-corrected chi connectivity index (χ4v) is 7.34. The number of ether oxygens (including phenoxy) is 1. The van der Waals surface area contributed by atoms with Crippen LogP contribution in [0.4, 0.5) is 15.1 Å². The highest BCUT2D eigenvalue weighted by molar-refractivity contribution is 7.22. The first-order chi connectivity index (χ1) is 21.0. The number of amides is 1. The van der Waals surface area contributed by atoms with Crippen LogP contribution in [0, 0.1) is 0 Å². The SMILES string of the molecule is O=C(O)Oc1nc(N2CCc3cccc(C(=O)Nc4nc5ccccc5s4)c3C2)sc1CCCn1cnc2ccccc21. The topological polar surface area (TPSA) is 122 Å². The molecule has 4 heterocycles. The number of nitrogens with one attached hydrogen (secondary N) is 1. The number of anilines is 2. The van der Waals surface area contributed by atoms with Gasteiger partial charge in [-0.25, -0.2) is 14.8 Å². The molecule has 0 spiro atoms. The number of benzene rings is 3. The lowest BCUT2D eigenvalue weighted by Gasteiger charge is -2.29. The second-order valence-corrected chi connectivity index (χ2v) is 12.3. The van der Waals surface area contributed by atoms with Crippen molar-refractivity contribution in [3.63, 3.8) is 0 Å². The number of para-hydroxylation sites is 3. The predicted molar refractivity (Wildman–Crippen MR) is 168 cm³/mol. The molecule has 0 saturated heterocycles. The third kappa shape index (κ3) is 5.54. The van der Waals surface area contributed by atoms with Gasteiger partial charge in [0.05, 0.1) is 32.5 Å². The van der Waals surface area contributed by atoms with Crippen LogP contribution < -0.4 is 15.0 Å². The smallest absolute Gasteiger partial charge is 0.449 e. The van der Waals surface area contributed by atoms with E-state index in [2.05, 4.69) is 29.7 Å². The van der Waals surface area contributed by atoms with Gasteiger partial charge in [0.2, 0.25) is 5.88 Å². The lowest BCUT2D eigenvalue weighted by molar-refractivity contribution is 0.102. The zero-order valence-electron chi connectivity index (χ0n) is 22.9. The summed E-state index contributed by atoms with van der Waals surface area (Å²) in [6.45, 7) is 1.89. The van der Waals surface area contributed by atoms with Crippen molar-refractivity contribution in [1.29, 1.82) is 0 Å². The minimum absolute atomic E-state index is 0.121. The molecule has 0 aliphatic carbocycles. The van der Waals surface area contributed by atoms with Gasteiger partial charge in [-0.05, 0) is 60.7 Å². The van der Waals surface area contributed by atoms with E-state index in [9.17, 15) is 14.7 Å². The molecule has 3 aromatic heterocycles. The molecule has 1 aliphatic rings. The van der Waals surface area contributed by atoms with Crippen LogP contribution >= 0.6 is 22.7 Å². The van der Waals surface area contributed by atoms with Crippen LogP contribution in [-0.2, 0) is 25.9 Å². The Bertz CT molecular complexity index is 1950. The van der Waals surface area contributed by atoms with Crippen LogP contribution in [0.15, 0.2) is 73.1 Å². The Labute approximate surface area is 254 Å². The van der Waals surface area contributed by atoms with Gasteiger partial charge in [0, 0.05) is 25.2 Å². The van der Waals surface area contributed by atoms with E-state index in [1.807, 2.05) is 73.1 Å². The van der Waals surface area contributed by atoms with E-state index in [0.717, 1.165) is 56.6 Å². The summed E-state index contributed by atoms with van der Waals surface area (Å²) in [5.74, 6) is -0.0878.